The van der Waals surface area contributed by atoms with E-state index in [4.69, 9.17) is 9.47 Å². The van der Waals surface area contributed by atoms with Gasteiger partial charge in [0.25, 0.3) is 0 Å². The molecule has 0 aromatic heterocycles. The number of likely N-dealkylation sites (tertiary alicyclic amines) is 2. The second-order valence-electron chi connectivity index (χ2n) is 9.65. The van der Waals surface area contributed by atoms with Gasteiger partial charge in [0, 0.05) is 44.4 Å². The van der Waals surface area contributed by atoms with Crippen LogP contribution < -0.4 is 9.47 Å². The third-order valence-corrected chi connectivity index (χ3v) is 6.57. The minimum absolute atomic E-state index is 0.0391. The number of hydrogen-bond acceptors (Lipinski definition) is 5. The van der Waals surface area contributed by atoms with E-state index in [1.807, 2.05) is 25.7 Å². The number of ether oxygens (including phenoxy) is 2. The monoisotopic (exact) mass is 414 g/mol. The molecule has 1 spiro atoms. The SMILES string of the molecule is COc1ccc2c(c1)C(=O)CC1(CCN(C(=O)C3CC(=O)N(C(C)(C)C)C3)CC1)O2. The van der Waals surface area contributed by atoms with E-state index in [1.165, 1.54) is 0 Å². The molecule has 2 amide bonds. The number of carbonyl (C=O) groups is 3. The predicted molar refractivity (Wildman–Crippen MR) is 111 cm³/mol. The van der Waals surface area contributed by atoms with Crippen LogP contribution >= 0.6 is 0 Å². The van der Waals surface area contributed by atoms with Crippen molar-refractivity contribution in [3.05, 3.63) is 23.8 Å². The molecule has 0 saturated carbocycles. The van der Waals surface area contributed by atoms with Crippen LogP contribution in [0.5, 0.6) is 11.5 Å². The lowest BCUT2D eigenvalue weighted by atomic mass is 9.82. The van der Waals surface area contributed by atoms with Crippen molar-refractivity contribution in [1.82, 2.24) is 9.80 Å². The Balaban J connectivity index is 1.41. The molecular formula is C23H30N2O5. The lowest BCUT2D eigenvalue weighted by Crippen LogP contribution is -2.53. The Morgan fingerprint density at radius 3 is 2.50 bits per heavy atom. The van der Waals surface area contributed by atoms with Gasteiger partial charge in [-0.05, 0) is 39.0 Å². The molecule has 1 aromatic carbocycles. The first-order valence-electron chi connectivity index (χ1n) is 10.6. The normalized spacial score (nSPS) is 23.4. The van der Waals surface area contributed by atoms with Crippen LogP contribution in [0.2, 0.25) is 0 Å². The smallest absolute Gasteiger partial charge is 0.227 e. The van der Waals surface area contributed by atoms with E-state index in [-0.39, 0.29) is 35.5 Å². The summed E-state index contributed by atoms with van der Waals surface area (Å²) in [6, 6.07) is 5.30. The molecule has 30 heavy (non-hydrogen) atoms. The third kappa shape index (κ3) is 3.66. The van der Waals surface area contributed by atoms with Crippen LogP contribution in [0.3, 0.4) is 0 Å². The summed E-state index contributed by atoms with van der Waals surface area (Å²) < 4.78 is 11.5. The molecule has 3 aliphatic rings. The maximum Gasteiger partial charge on any atom is 0.227 e. The number of piperidine rings is 1. The highest BCUT2D eigenvalue weighted by Gasteiger charge is 2.46. The number of methoxy groups -OCH3 is 1. The molecule has 0 N–H and O–H groups in total. The van der Waals surface area contributed by atoms with Crippen LogP contribution in [0, 0.1) is 5.92 Å². The zero-order valence-electron chi connectivity index (χ0n) is 18.2. The molecule has 7 nitrogen and oxygen atoms in total. The largest absolute Gasteiger partial charge is 0.497 e. The fourth-order valence-corrected chi connectivity index (χ4v) is 4.79. The van der Waals surface area contributed by atoms with Crippen LogP contribution in [-0.4, -0.2) is 65.3 Å². The van der Waals surface area contributed by atoms with Gasteiger partial charge in [-0.15, -0.1) is 0 Å². The predicted octanol–water partition coefficient (Wildman–Crippen LogP) is 2.67. The number of ketones is 1. The van der Waals surface area contributed by atoms with E-state index >= 15 is 0 Å². The van der Waals surface area contributed by atoms with E-state index in [1.54, 1.807) is 30.2 Å². The highest BCUT2D eigenvalue weighted by atomic mass is 16.5. The molecule has 162 valence electrons. The van der Waals surface area contributed by atoms with Gasteiger partial charge in [0.05, 0.1) is 25.0 Å². The average Bonchev–Trinajstić information content (AvgIpc) is 3.10. The minimum Gasteiger partial charge on any atom is -0.497 e. The van der Waals surface area contributed by atoms with Gasteiger partial charge < -0.3 is 19.3 Å². The molecule has 0 bridgehead atoms. The maximum absolute atomic E-state index is 13.0. The molecule has 0 radical (unpaired) electrons. The van der Waals surface area contributed by atoms with Crippen LogP contribution in [0.15, 0.2) is 18.2 Å². The molecule has 2 fully saturated rings. The average molecular weight is 415 g/mol. The lowest BCUT2D eigenvalue weighted by Gasteiger charge is -2.44. The van der Waals surface area contributed by atoms with E-state index in [0.29, 0.717) is 56.0 Å². The Morgan fingerprint density at radius 1 is 1.20 bits per heavy atom. The highest BCUT2D eigenvalue weighted by molar-refractivity contribution is 6.00. The molecular weight excluding hydrogens is 384 g/mol. The number of fused-ring (bicyclic) bond motifs is 1. The van der Waals surface area contributed by atoms with Crippen LogP contribution in [0.25, 0.3) is 0 Å². The number of rotatable bonds is 2. The maximum atomic E-state index is 13.0. The van der Waals surface area contributed by atoms with E-state index < -0.39 is 5.60 Å². The first-order valence-corrected chi connectivity index (χ1v) is 10.6. The van der Waals surface area contributed by atoms with Crippen molar-refractivity contribution in [2.24, 2.45) is 5.92 Å². The van der Waals surface area contributed by atoms with Crippen molar-refractivity contribution in [1.29, 1.82) is 0 Å². The Kier molecular flexibility index (Phi) is 5.03. The minimum atomic E-state index is -0.557. The van der Waals surface area contributed by atoms with Gasteiger partial charge in [0.15, 0.2) is 5.78 Å². The topological polar surface area (TPSA) is 76.2 Å². The summed E-state index contributed by atoms with van der Waals surface area (Å²) in [6.07, 6.45) is 1.82. The summed E-state index contributed by atoms with van der Waals surface area (Å²) in [5.41, 5.74) is -0.270. The van der Waals surface area contributed by atoms with Crippen molar-refractivity contribution < 1.29 is 23.9 Å². The van der Waals surface area contributed by atoms with Crippen LogP contribution in [0.1, 0.15) is 56.8 Å². The first-order chi connectivity index (χ1) is 14.1. The van der Waals surface area contributed by atoms with Crippen molar-refractivity contribution in [3.8, 4) is 11.5 Å². The number of nitrogens with zero attached hydrogens (tertiary/aromatic N) is 2. The standard InChI is InChI=1S/C23H30N2O5/c1-22(2,3)25-14-15(11-20(25)27)21(28)24-9-7-23(8-10-24)13-18(26)17-12-16(29-4)5-6-19(17)30-23/h5-6,12,15H,7-11,13-14H2,1-4H3. The molecule has 1 unspecified atom stereocenters. The van der Waals surface area contributed by atoms with Crippen LogP contribution in [-0.2, 0) is 9.59 Å². The van der Waals surface area contributed by atoms with E-state index in [0.717, 1.165) is 0 Å². The summed E-state index contributed by atoms with van der Waals surface area (Å²) >= 11 is 0. The summed E-state index contributed by atoms with van der Waals surface area (Å²) in [5, 5.41) is 0. The Bertz CT molecular complexity index is 880. The molecule has 0 aliphatic carbocycles. The summed E-state index contributed by atoms with van der Waals surface area (Å²) in [5.74, 6) is 1.08. The van der Waals surface area contributed by atoms with Gasteiger partial charge in [-0.1, -0.05) is 0 Å². The second-order valence-corrected chi connectivity index (χ2v) is 9.65. The summed E-state index contributed by atoms with van der Waals surface area (Å²) in [4.78, 5) is 41.8. The van der Waals surface area contributed by atoms with Crippen molar-refractivity contribution >= 4 is 17.6 Å². The lowest BCUT2D eigenvalue weighted by molar-refractivity contribution is -0.139. The Hall–Kier alpha value is -2.57. The second kappa shape index (κ2) is 7.29. The fourth-order valence-electron chi connectivity index (χ4n) is 4.79. The zero-order valence-corrected chi connectivity index (χ0v) is 18.2. The molecule has 7 heteroatoms. The number of amides is 2. The van der Waals surface area contributed by atoms with Gasteiger partial charge in [0.1, 0.15) is 17.1 Å². The zero-order chi connectivity index (χ0) is 21.7. The van der Waals surface area contributed by atoms with Gasteiger partial charge in [-0.3, -0.25) is 14.4 Å². The number of hydrogen-bond donors (Lipinski definition) is 0. The van der Waals surface area contributed by atoms with Crippen LogP contribution in [0.4, 0.5) is 0 Å². The first kappa shape index (κ1) is 20.7. The summed E-state index contributed by atoms with van der Waals surface area (Å²) in [7, 11) is 1.57. The highest BCUT2D eigenvalue weighted by Crippen LogP contribution is 2.41. The van der Waals surface area contributed by atoms with E-state index in [9.17, 15) is 14.4 Å². The molecule has 4 rings (SSSR count). The number of carbonyl (C=O) groups excluding carboxylic acids is 3. The molecule has 3 aliphatic heterocycles. The van der Waals surface area contributed by atoms with Gasteiger partial charge in [0.2, 0.25) is 11.8 Å². The van der Waals surface area contributed by atoms with Crippen molar-refractivity contribution in [3.63, 3.8) is 0 Å². The molecule has 3 heterocycles. The molecule has 1 atom stereocenters. The Labute approximate surface area is 177 Å². The quantitative estimate of drug-likeness (QED) is 0.744. The molecule has 2 saturated heterocycles. The summed E-state index contributed by atoms with van der Waals surface area (Å²) in [6.45, 7) is 7.54. The van der Waals surface area contributed by atoms with E-state index in [2.05, 4.69) is 0 Å². The van der Waals surface area contributed by atoms with Crippen molar-refractivity contribution in [2.45, 2.75) is 57.6 Å². The van der Waals surface area contributed by atoms with Gasteiger partial charge in [-0.2, -0.15) is 0 Å². The molecule has 1 aromatic rings. The van der Waals surface area contributed by atoms with Gasteiger partial charge in [-0.25, -0.2) is 0 Å². The fraction of sp³-hybridized carbons (Fsp3) is 0.609. The number of benzene rings is 1. The Morgan fingerprint density at radius 2 is 1.90 bits per heavy atom. The third-order valence-electron chi connectivity index (χ3n) is 6.57. The van der Waals surface area contributed by atoms with Gasteiger partial charge >= 0.3 is 0 Å². The van der Waals surface area contributed by atoms with Crippen molar-refractivity contribution in [2.75, 3.05) is 26.7 Å². The number of Topliss-reactive ketones (excluding diaryl/α,β-unsaturated/α-hetero) is 1.